The van der Waals surface area contributed by atoms with Crippen LogP contribution in [0.1, 0.15) is 20.8 Å². The molecule has 8 heteroatoms. The second-order valence-corrected chi connectivity index (χ2v) is 1.47. The SMILES string of the molecule is CC(=O)[O-].CC(=O)[O-].CC(=O)[O-].[OH-].[Zr+4]. The number of carboxylic acids is 3. The molecule has 0 aliphatic heterocycles. The standard InChI is InChI=1S/3C2H4O2.H2O.Zr/c3*1-2(3)4;;/h3*1H3,(H,3,4);1H2;/q;;;;+4/p-4. The van der Waals surface area contributed by atoms with Gasteiger partial charge in [-0.25, -0.2) is 0 Å². The third-order valence-corrected chi connectivity index (χ3v) is 0. The van der Waals surface area contributed by atoms with Crippen molar-refractivity contribution in [1.29, 1.82) is 0 Å². The fourth-order valence-electron chi connectivity index (χ4n) is 0. The summed E-state index contributed by atoms with van der Waals surface area (Å²) in [5, 5.41) is 26.7. The maximum atomic E-state index is 8.89. The van der Waals surface area contributed by atoms with Crippen molar-refractivity contribution in [1.82, 2.24) is 0 Å². The van der Waals surface area contributed by atoms with Gasteiger partial charge >= 0.3 is 26.2 Å². The van der Waals surface area contributed by atoms with Crippen LogP contribution in [0.5, 0.6) is 0 Å². The number of carbonyl (C=O) groups is 3. The smallest absolute Gasteiger partial charge is 0.870 e. The molecule has 0 saturated heterocycles. The number of carbonyl (C=O) groups excluding carboxylic acids is 3. The van der Waals surface area contributed by atoms with E-state index in [4.69, 9.17) is 29.7 Å². The zero-order valence-electron chi connectivity index (χ0n) is 7.90. The number of carboxylic acid groups (broad SMARTS) is 3. The molecular formula is C6H10O7Zr. The van der Waals surface area contributed by atoms with E-state index in [0.717, 1.165) is 20.8 Å². The fraction of sp³-hybridized carbons (Fsp3) is 0.500. The number of rotatable bonds is 0. The van der Waals surface area contributed by atoms with Crippen molar-refractivity contribution >= 4 is 17.9 Å². The first-order valence-electron chi connectivity index (χ1n) is 2.72. The van der Waals surface area contributed by atoms with Crippen LogP contribution < -0.4 is 15.3 Å². The summed E-state index contributed by atoms with van der Waals surface area (Å²) in [5.41, 5.74) is 0. The van der Waals surface area contributed by atoms with Crippen LogP contribution >= 0.6 is 0 Å². The summed E-state index contributed by atoms with van der Waals surface area (Å²) in [6.45, 7) is 2.92. The Labute approximate surface area is 100 Å². The van der Waals surface area contributed by atoms with Crippen LogP contribution in [-0.4, -0.2) is 23.4 Å². The van der Waals surface area contributed by atoms with Gasteiger partial charge in [0.25, 0.3) is 0 Å². The van der Waals surface area contributed by atoms with Gasteiger partial charge in [0.05, 0.1) is 0 Å². The maximum Gasteiger partial charge on any atom is 4.00 e. The molecule has 80 valence electrons. The first kappa shape index (κ1) is 29.2. The predicted octanol–water partition coefficient (Wildman–Crippen LogP) is -3.91. The van der Waals surface area contributed by atoms with Gasteiger partial charge in [0.15, 0.2) is 0 Å². The van der Waals surface area contributed by atoms with Gasteiger partial charge in [0.1, 0.15) is 0 Å². The first-order chi connectivity index (χ1) is 5.20. The van der Waals surface area contributed by atoms with E-state index in [1.54, 1.807) is 0 Å². The summed E-state index contributed by atoms with van der Waals surface area (Å²) in [5.74, 6) is -3.25. The molecule has 0 unspecified atom stereocenters. The maximum absolute atomic E-state index is 8.89. The van der Waals surface area contributed by atoms with E-state index in [0.29, 0.717) is 0 Å². The number of aliphatic carboxylic acids is 3. The molecule has 14 heavy (non-hydrogen) atoms. The topological polar surface area (TPSA) is 150 Å². The summed E-state index contributed by atoms with van der Waals surface area (Å²) in [7, 11) is 0. The van der Waals surface area contributed by atoms with Crippen LogP contribution in [0.2, 0.25) is 0 Å². The molecule has 0 spiro atoms. The Bertz CT molecular complexity index is 116. The van der Waals surface area contributed by atoms with Gasteiger partial charge in [-0.1, -0.05) is 0 Å². The minimum absolute atomic E-state index is 0. The van der Waals surface area contributed by atoms with E-state index in [2.05, 4.69) is 0 Å². The molecule has 0 fully saturated rings. The van der Waals surface area contributed by atoms with Crippen molar-refractivity contribution in [2.24, 2.45) is 0 Å². The zero-order chi connectivity index (χ0) is 10.7. The Morgan fingerprint density at radius 3 is 0.714 bits per heavy atom. The molecule has 0 amide bonds. The van der Waals surface area contributed by atoms with Gasteiger partial charge in [-0.3, -0.25) is 0 Å². The van der Waals surface area contributed by atoms with E-state index in [1.165, 1.54) is 0 Å². The van der Waals surface area contributed by atoms with Gasteiger partial charge in [0, 0.05) is 17.9 Å². The Hall–Kier alpha value is -0.747. The van der Waals surface area contributed by atoms with E-state index >= 15 is 0 Å². The largest absolute Gasteiger partial charge is 4.00 e. The predicted molar refractivity (Wildman–Crippen MR) is 34.0 cm³/mol. The summed E-state index contributed by atoms with van der Waals surface area (Å²) < 4.78 is 0. The molecule has 1 N–H and O–H groups in total. The molecule has 0 radical (unpaired) electrons. The average Bonchev–Trinajstić information content (AvgIpc) is 1.54. The van der Waals surface area contributed by atoms with Gasteiger partial charge in [-0.2, -0.15) is 0 Å². The van der Waals surface area contributed by atoms with Crippen molar-refractivity contribution in [3.05, 3.63) is 0 Å². The molecule has 0 heterocycles. The van der Waals surface area contributed by atoms with E-state index in [-0.39, 0.29) is 31.7 Å². The van der Waals surface area contributed by atoms with Gasteiger partial charge in [0.2, 0.25) is 0 Å². The summed E-state index contributed by atoms with van der Waals surface area (Å²) in [4.78, 5) is 26.7. The van der Waals surface area contributed by atoms with Crippen LogP contribution in [0.4, 0.5) is 0 Å². The fourth-order valence-corrected chi connectivity index (χ4v) is 0. The molecule has 0 aromatic carbocycles. The monoisotopic (exact) mass is 284 g/mol. The normalized spacial score (nSPS) is 5.36. The molecule has 0 aromatic heterocycles. The van der Waals surface area contributed by atoms with Crippen LogP contribution in [0.3, 0.4) is 0 Å². The van der Waals surface area contributed by atoms with Crippen molar-refractivity contribution in [3.8, 4) is 0 Å². The summed E-state index contributed by atoms with van der Waals surface area (Å²) >= 11 is 0. The molecular weight excluding hydrogens is 275 g/mol. The van der Waals surface area contributed by atoms with Crippen molar-refractivity contribution in [2.45, 2.75) is 20.8 Å². The van der Waals surface area contributed by atoms with Crippen LogP contribution in [0.15, 0.2) is 0 Å². The average molecular weight is 285 g/mol. The minimum atomic E-state index is -1.08. The molecule has 0 atom stereocenters. The van der Waals surface area contributed by atoms with Gasteiger partial charge < -0.3 is 35.2 Å². The molecule has 0 saturated carbocycles. The third-order valence-electron chi connectivity index (χ3n) is 0. The number of hydrogen-bond donors (Lipinski definition) is 0. The van der Waals surface area contributed by atoms with E-state index < -0.39 is 17.9 Å². The Balaban J connectivity index is -0.0000000270. The zero-order valence-corrected chi connectivity index (χ0v) is 10.4. The van der Waals surface area contributed by atoms with Gasteiger partial charge in [-0.05, 0) is 20.8 Å². The third kappa shape index (κ3) is 2120. The van der Waals surface area contributed by atoms with E-state index in [1.807, 2.05) is 0 Å². The molecule has 0 aliphatic carbocycles. The first-order valence-corrected chi connectivity index (χ1v) is 2.72. The van der Waals surface area contributed by atoms with Crippen LogP contribution in [0.25, 0.3) is 0 Å². The summed E-state index contributed by atoms with van der Waals surface area (Å²) in [6.07, 6.45) is 0. The quantitative estimate of drug-likeness (QED) is 0.441. The molecule has 0 rings (SSSR count). The number of hydrogen-bond acceptors (Lipinski definition) is 7. The second kappa shape index (κ2) is 22.8. The Morgan fingerprint density at radius 2 is 0.714 bits per heavy atom. The van der Waals surface area contributed by atoms with Crippen LogP contribution in [-0.2, 0) is 40.6 Å². The summed E-state index contributed by atoms with van der Waals surface area (Å²) in [6, 6.07) is 0. The van der Waals surface area contributed by atoms with Crippen molar-refractivity contribution in [2.75, 3.05) is 0 Å². The van der Waals surface area contributed by atoms with E-state index in [9.17, 15) is 0 Å². The Morgan fingerprint density at radius 1 is 0.714 bits per heavy atom. The van der Waals surface area contributed by atoms with Crippen LogP contribution in [0, 0.1) is 0 Å². The minimum Gasteiger partial charge on any atom is -0.870 e. The second-order valence-electron chi connectivity index (χ2n) is 1.47. The molecule has 7 nitrogen and oxygen atoms in total. The molecule has 0 aromatic rings. The molecule has 0 aliphatic rings. The van der Waals surface area contributed by atoms with Gasteiger partial charge in [-0.15, -0.1) is 0 Å². The van der Waals surface area contributed by atoms with Crippen molar-refractivity contribution < 1.29 is 61.4 Å². The Kier molecular flexibility index (Phi) is 47.5. The van der Waals surface area contributed by atoms with Crippen molar-refractivity contribution in [3.63, 3.8) is 0 Å². The molecule has 0 bridgehead atoms.